The number of hydrogen-bond donors (Lipinski definition) is 3. The second kappa shape index (κ2) is 11.0. The number of nitrogens with one attached hydrogen (secondary N) is 3. The highest BCUT2D eigenvalue weighted by atomic mass is 35.5. The molecule has 174 valence electrons. The van der Waals surface area contributed by atoms with Gasteiger partial charge in [0, 0.05) is 22.0 Å². The lowest BCUT2D eigenvalue weighted by Crippen LogP contribution is -2.16. The Morgan fingerprint density at radius 2 is 1.69 bits per heavy atom. The normalized spacial score (nSPS) is 10.3. The minimum Gasteiger partial charge on any atom is -0.493 e. The number of H-pyrrole nitrogens is 1. The number of halogens is 1. The molecule has 4 rings (SSSR count). The van der Waals surface area contributed by atoms with E-state index in [-0.39, 0.29) is 36.1 Å². The third kappa shape index (κ3) is 6.25. The lowest BCUT2D eigenvalue weighted by molar-refractivity contribution is -0.116. The van der Waals surface area contributed by atoms with Crippen molar-refractivity contribution in [2.45, 2.75) is 6.42 Å². The predicted octanol–water partition coefficient (Wildman–Crippen LogP) is 5.11. The average molecular weight is 486 g/mol. The molecular formula is C26H20ClN5O3. The van der Waals surface area contributed by atoms with E-state index in [1.807, 2.05) is 36.4 Å². The first-order valence-corrected chi connectivity index (χ1v) is 11.0. The van der Waals surface area contributed by atoms with Crippen molar-refractivity contribution in [3.8, 4) is 23.1 Å². The van der Waals surface area contributed by atoms with Crippen LogP contribution in [0.4, 0.5) is 17.3 Å². The number of nitrogens with zero attached hydrogens (tertiary/aromatic N) is 2. The van der Waals surface area contributed by atoms with Crippen LogP contribution in [-0.4, -0.2) is 22.5 Å². The Hall–Kier alpha value is -4.61. The quantitative estimate of drug-likeness (QED) is 0.319. The zero-order valence-corrected chi connectivity index (χ0v) is 19.2. The van der Waals surface area contributed by atoms with Crippen LogP contribution in [0.25, 0.3) is 11.3 Å². The molecular weight excluding hydrogens is 466 g/mol. The maximum atomic E-state index is 12.5. The van der Waals surface area contributed by atoms with Crippen LogP contribution in [0.2, 0.25) is 5.02 Å². The smallest absolute Gasteiger partial charge is 0.270 e. The first-order chi connectivity index (χ1) is 17.0. The third-order valence-electron chi connectivity index (χ3n) is 4.92. The minimum atomic E-state index is -0.565. The molecule has 9 heteroatoms. The summed E-state index contributed by atoms with van der Waals surface area (Å²) in [5.74, 6) is 0.686. The van der Waals surface area contributed by atoms with Gasteiger partial charge in [0.05, 0.1) is 18.7 Å². The SMILES string of the molecule is N#Cc1c(-c2ccc(NC(=O)CCOc3ccccc3)cc2)nc(Nc2ccc(Cl)cc2)[nH]c1=O. The molecule has 0 aliphatic rings. The van der Waals surface area contributed by atoms with E-state index in [4.69, 9.17) is 16.3 Å². The summed E-state index contributed by atoms with van der Waals surface area (Å²) >= 11 is 5.91. The van der Waals surface area contributed by atoms with Gasteiger partial charge in [-0.05, 0) is 48.5 Å². The Morgan fingerprint density at radius 1 is 1.00 bits per heavy atom. The van der Waals surface area contributed by atoms with Crippen LogP contribution in [0, 0.1) is 11.3 Å². The molecule has 0 saturated carbocycles. The van der Waals surface area contributed by atoms with E-state index in [9.17, 15) is 14.9 Å². The van der Waals surface area contributed by atoms with Crippen LogP contribution < -0.4 is 20.9 Å². The minimum absolute atomic E-state index is 0.110. The van der Waals surface area contributed by atoms with Crippen molar-refractivity contribution in [1.29, 1.82) is 5.26 Å². The summed E-state index contributed by atoms with van der Waals surface area (Å²) in [7, 11) is 0. The van der Waals surface area contributed by atoms with E-state index < -0.39 is 5.56 Å². The van der Waals surface area contributed by atoms with Gasteiger partial charge in [-0.1, -0.05) is 41.9 Å². The molecule has 0 unspecified atom stereocenters. The number of benzene rings is 3. The molecule has 1 amide bonds. The van der Waals surface area contributed by atoms with Crippen LogP contribution in [0.3, 0.4) is 0 Å². The van der Waals surface area contributed by atoms with Crippen LogP contribution >= 0.6 is 11.6 Å². The molecule has 0 spiro atoms. The van der Waals surface area contributed by atoms with Crippen molar-refractivity contribution in [2.75, 3.05) is 17.2 Å². The fraction of sp³-hybridized carbons (Fsp3) is 0.0769. The zero-order chi connectivity index (χ0) is 24.6. The molecule has 3 aromatic carbocycles. The lowest BCUT2D eigenvalue weighted by atomic mass is 10.1. The number of aromatic amines is 1. The lowest BCUT2D eigenvalue weighted by Gasteiger charge is -2.10. The number of ether oxygens (including phenoxy) is 1. The number of carbonyl (C=O) groups excluding carboxylic acids is 1. The number of amides is 1. The van der Waals surface area contributed by atoms with Crippen molar-refractivity contribution in [3.63, 3.8) is 0 Å². The number of carbonyl (C=O) groups is 1. The molecule has 1 heterocycles. The highest BCUT2D eigenvalue weighted by Crippen LogP contribution is 2.24. The van der Waals surface area contributed by atoms with Gasteiger partial charge in [-0.2, -0.15) is 5.26 Å². The second-order valence-corrected chi connectivity index (χ2v) is 7.86. The first kappa shape index (κ1) is 23.5. The highest BCUT2D eigenvalue weighted by molar-refractivity contribution is 6.30. The molecule has 0 fully saturated rings. The van der Waals surface area contributed by atoms with Gasteiger partial charge in [-0.3, -0.25) is 14.6 Å². The van der Waals surface area contributed by atoms with Crippen LogP contribution in [0.1, 0.15) is 12.0 Å². The summed E-state index contributed by atoms with van der Waals surface area (Å²) in [5, 5.41) is 15.9. The molecule has 1 aromatic heterocycles. The van der Waals surface area contributed by atoms with E-state index in [0.29, 0.717) is 27.7 Å². The molecule has 35 heavy (non-hydrogen) atoms. The van der Waals surface area contributed by atoms with Gasteiger partial charge >= 0.3 is 0 Å². The van der Waals surface area contributed by atoms with Gasteiger partial charge in [0.15, 0.2) is 0 Å². The summed E-state index contributed by atoms with van der Waals surface area (Å²) < 4.78 is 5.54. The van der Waals surface area contributed by atoms with Gasteiger partial charge in [-0.25, -0.2) is 4.98 Å². The van der Waals surface area contributed by atoms with Crippen molar-refractivity contribution in [3.05, 3.63) is 99.8 Å². The van der Waals surface area contributed by atoms with Gasteiger partial charge < -0.3 is 15.4 Å². The maximum absolute atomic E-state index is 12.5. The molecule has 0 aliphatic heterocycles. The van der Waals surface area contributed by atoms with E-state index in [1.165, 1.54) is 0 Å². The van der Waals surface area contributed by atoms with E-state index in [2.05, 4.69) is 20.6 Å². The van der Waals surface area contributed by atoms with Gasteiger partial charge in [0.2, 0.25) is 11.9 Å². The Morgan fingerprint density at radius 3 is 2.37 bits per heavy atom. The number of para-hydroxylation sites is 1. The first-order valence-electron chi connectivity index (χ1n) is 10.7. The number of aromatic nitrogens is 2. The largest absolute Gasteiger partial charge is 0.493 e. The molecule has 3 N–H and O–H groups in total. The van der Waals surface area contributed by atoms with Crippen LogP contribution in [0.5, 0.6) is 5.75 Å². The molecule has 0 aliphatic carbocycles. The molecule has 8 nitrogen and oxygen atoms in total. The van der Waals surface area contributed by atoms with Crippen LogP contribution in [-0.2, 0) is 4.79 Å². The maximum Gasteiger partial charge on any atom is 0.270 e. The highest BCUT2D eigenvalue weighted by Gasteiger charge is 2.14. The average Bonchev–Trinajstić information content (AvgIpc) is 2.86. The van der Waals surface area contributed by atoms with Crippen molar-refractivity contribution >= 4 is 34.8 Å². The number of anilines is 3. The predicted molar refractivity (Wildman–Crippen MR) is 135 cm³/mol. The summed E-state index contributed by atoms with van der Waals surface area (Å²) in [5.41, 5.74) is 1.34. The van der Waals surface area contributed by atoms with E-state index in [1.54, 1.807) is 48.5 Å². The monoisotopic (exact) mass is 485 g/mol. The van der Waals surface area contributed by atoms with Gasteiger partial charge in [-0.15, -0.1) is 0 Å². The standard InChI is InChI=1S/C26H20ClN5O3/c27-18-8-12-20(13-9-18)30-26-31-24(22(16-28)25(34)32-26)17-6-10-19(11-7-17)29-23(33)14-15-35-21-4-2-1-3-5-21/h1-13H,14-15H2,(H,29,33)(H2,30,31,32,34). The Kier molecular flexibility index (Phi) is 7.40. The number of rotatable bonds is 8. The number of nitriles is 1. The summed E-state index contributed by atoms with van der Waals surface area (Å²) in [6.07, 6.45) is 0.185. The topological polar surface area (TPSA) is 120 Å². The fourth-order valence-corrected chi connectivity index (χ4v) is 3.35. The molecule has 0 atom stereocenters. The Balaban J connectivity index is 1.45. The second-order valence-electron chi connectivity index (χ2n) is 7.42. The zero-order valence-electron chi connectivity index (χ0n) is 18.4. The van der Waals surface area contributed by atoms with Crippen molar-refractivity contribution in [2.24, 2.45) is 0 Å². The molecule has 0 radical (unpaired) electrons. The molecule has 0 bridgehead atoms. The van der Waals surface area contributed by atoms with Gasteiger partial charge in [0.1, 0.15) is 17.4 Å². The Bertz CT molecular complexity index is 1410. The summed E-state index contributed by atoms with van der Waals surface area (Å²) in [4.78, 5) is 31.7. The van der Waals surface area contributed by atoms with Gasteiger partial charge in [0.25, 0.3) is 5.56 Å². The van der Waals surface area contributed by atoms with Crippen molar-refractivity contribution in [1.82, 2.24) is 9.97 Å². The van der Waals surface area contributed by atoms with Crippen molar-refractivity contribution < 1.29 is 9.53 Å². The van der Waals surface area contributed by atoms with E-state index in [0.717, 1.165) is 0 Å². The van der Waals surface area contributed by atoms with E-state index >= 15 is 0 Å². The summed E-state index contributed by atoms with van der Waals surface area (Å²) in [6.45, 7) is 0.250. The molecule has 4 aromatic rings. The third-order valence-corrected chi connectivity index (χ3v) is 5.17. The summed E-state index contributed by atoms with van der Waals surface area (Å²) in [6, 6.07) is 24.8. The fourth-order valence-electron chi connectivity index (χ4n) is 3.23. The number of hydrogen-bond acceptors (Lipinski definition) is 6. The molecule has 0 saturated heterocycles. The Labute approximate surface area is 206 Å². The van der Waals surface area contributed by atoms with Crippen LogP contribution in [0.15, 0.2) is 83.7 Å².